The molecule has 1 fully saturated rings. The summed E-state index contributed by atoms with van der Waals surface area (Å²) in [6.07, 6.45) is 1.74. The van der Waals surface area contributed by atoms with Gasteiger partial charge in [-0.3, -0.25) is 4.79 Å². The first-order valence-corrected chi connectivity index (χ1v) is 10.4. The number of amides is 1. The van der Waals surface area contributed by atoms with Gasteiger partial charge in [-0.15, -0.1) is 0 Å². The van der Waals surface area contributed by atoms with Crippen LogP contribution in [0, 0.1) is 6.92 Å². The van der Waals surface area contributed by atoms with E-state index in [0.717, 1.165) is 18.4 Å². The minimum atomic E-state index is -3.57. The summed E-state index contributed by atoms with van der Waals surface area (Å²) in [7, 11) is -1.99. The van der Waals surface area contributed by atoms with Crippen molar-refractivity contribution < 1.29 is 17.9 Å². The molecule has 3 rings (SSSR count). The largest absolute Gasteiger partial charge is 0.496 e. The number of sulfonamides is 1. The van der Waals surface area contributed by atoms with Crippen LogP contribution in [0.3, 0.4) is 0 Å². The number of aryl methyl sites for hydroxylation is 1. The maximum Gasteiger partial charge on any atom is 0.251 e. The van der Waals surface area contributed by atoms with Crippen LogP contribution in [0.5, 0.6) is 5.75 Å². The van der Waals surface area contributed by atoms with Crippen LogP contribution in [0.1, 0.15) is 34.3 Å². The SMILES string of the molecule is COc1ccccc1CNC(=O)c1ccc(C)c(S(=O)(=O)N2CCCC2)c1. The lowest BCUT2D eigenvalue weighted by Crippen LogP contribution is -2.29. The molecule has 1 amide bonds. The monoisotopic (exact) mass is 388 g/mol. The van der Waals surface area contributed by atoms with Crippen LogP contribution in [0.4, 0.5) is 0 Å². The van der Waals surface area contributed by atoms with Crippen molar-refractivity contribution in [2.75, 3.05) is 20.2 Å². The number of carbonyl (C=O) groups is 1. The lowest BCUT2D eigenvalue weighted by molar-refractivity contribution is 0.0950. The van der Waals surface area contributed by atoms with E-state index in [1.165, 1.54) is 10.4 Å². The Morgan fingerprint density at radius 1 is 1.15 bits per heavy atom. The van der Waals surface area contributed by atoms with E-state index in [4.69, 9.17) is 4.74 Å². The molecule has 1 heterocycles. The van der Waals surface area contributed by atoms with Crippen molar-refractivity contribution in [3.8, 4) is 5.75 Å². The molecular weight excluding hydrogens is 364 g/mol. The molecule has 0 bridgehead atoms. The number of benzene rings is 2. The average Bonchev–Trinajstić information content (AvgIpc) is 3.22. The molecule has 1 aliphatic rings. The Labute approximate surface area is 160 Å². The van der Waals surface area contributed by atoms with E-state index in [-0.39, 0.29) is 10.8 Å². The third-order valence-electron chi connectivity index (χ3n) is 4.77. The predicted molar refractivity (Wildman–Crippen MR) is 103 cm³/mol. The van der Waals surface area contributed by atoms with Crippen molar-refractivity contribution in [3.63, 3.8) is 0 Å². The molecule has 0 unspecified atom stereocenters. The molecule has 0 aromatic heterocycles. The van der Waals surface area contributed by atoms with E-state index in [1.807, 2.05) is 24.3 Å². The Bertz CT molecular complexity index is 935. The summed E-state index contributed by atoms with van der Waals surface area (Å²) in [5, 5.41) is 2.83. The highest BCUT2D eigenvalue weighted by Crippen LogP contribution is 2.25. The van der Waals surface area contributed by atoms with Crippen molar-refractivity contribution in [1.82, 2.24) is 9.62 Å². The van der Waals surface area contributed by atoms with E-state index in [2.05, 4.69) is 5.32 Å². The van der Waals surface area contributed by atoms with Crippen LogP contribution in [0.25, 0.3) is 0 Å². The normalized spacial score (nSPS) is 14.9. The second-order valence-corrected chi connectivity index (χ2v) is 8.49. The molecule has 7 heteroatoms. The third-order valence-corrected chi connectivity index (χ3v) is 6.81. The van der Waals surface area contributed by atoms with Gasteiger partial charge in [0.2, 0.25) is 10.0 Å². The van der Waals surface area contributed by atoms with Crippen LogP contribution in [-0.4, -0.2) is 38.8 Å². The number of ether oxygens (including phenoxy) is 1. The Balaban J connectivity index is 1.80. The maximum atomic E-state index is 12.9. The van der Waals surface area contributed by atoms with E-state index >= 15 is 0 Å². The number of hydrogen-bond acceptors (Lipinski definition) is 4. The molecule has 0 radical (unpaired) electrons. The van der Waals surface area contributed by atoms with Crippen LogP contribution in [0.15, 0.2) is 47.4 Å². The molecule has 2 aromatic rings. The van der Waals surface area contributed by atoms with Crippen LogP contribution >= 0.6 is 0 Å². The first-order valence-electron chi connectivity index (χ1n) is 8.94. The highest BCUT2D eigenvalue weighted by atomic mass is 32.2. The van der Waals surface area contributed by atoms with Crippen molar-refractivity contribution >= 4 is 15.9 Å². The Hall–Kier alpha value is -2.38. The molecule has 0 saturated carbocycles. The van der Waals surface area contributed by atoms with Gasteiger partial charge in [0.05, 0.1) is 12.0 Å². The molecule has 0 aliphatic carbocycles. The zero-order chi connectivity index (χ0) is 19.4. The lowest BCUT2D eigenvalue weighted by Gasteiger charge is -2.18. The lowest BCUT2D eigenvalue weighted by atomic mass is 10.1. The number of hydrogen-bond donors (Lipinski definition) is 1. The molecule has 0 atom stereocenters. The van der Waals surface area contributed by atoms with Gasteiger partial charge in [0.1, 0.15) is 5.75 Å². The van der Waals surface area contributed by atoms with Gasteiger partial charge in [0.25, 0.3) is 5.91 Å². The summed E-state index contributed by atoms with van der Waals surface area (Å²) < 4.78 is 32.5. The molecular formula is C20H24N2O4S. The third kappa shape index (κ3) is 4.14. The van der Waals surface area contributed by atoms with E-state index in [9.17, 15) is 13.2 Å². The summed E-state index contributed by atoms with van der Waals surface area (Å²) in [5.41, 5.74) is 1.82. The zero-order valence-electron chi connectivity index (χ0n) is 15.6. The van der Waals surface area contributed by atoms with Crippen molar-refractivity contribution in [2.45, 2.75) is 31.2 Å². The molecule has 144 valence electrons. The van der Waals surface area contributed by atoms with Crippen LogP contribution in [0.2, 0.25) is 0 Å². The Morgan fingerprint density at radius 3 is 2.56 bits per heavy atom. The van der Waals surface area contributed by atoms with Gasteiger partial charge < -0.3 is 10.1 Å². The first kappa shape index (κ1) is 19.4. The fourth-order valence-electron chi connectivity index (χ4n) is 3.21. The standard InChI is InChI=1S/C20H24N2O4S/c1-15-9-10-16(13-19(15)27(24,25)22-11-5-6-12-22)20(23)21-14-17-7-3-4-8-18(17)26-2/h3-4,7-10,13H,5-6,11-12,14H2,1-2H3,(H,21,23). The predicted octanol–water partition coefficient (Wildman–Crippen LogP) is 2.72. The van der Waals surface area contributed by atoms with E-state index in [0.29, 0.717) is 36.5 Å². The van der Waals surface area contributed by atoms with Gasteiger partial charge in [-0.05, 0) is 43.5 Å². The van der Waals surface area contributed by atoms with Gasteiger partial charge in [-0.1, -0.05) is 24.3 Å². The fourth-order valence-corrected chi connectivity index (χ4v) is 4.98. The summed E-state index contributed by atoms with van der Waals surface area (Å²) >= 11 is 0. The Kier molecular flexibility index (Phi) is 5.82. The molecule has 6 nitrogen and oxygen atoms in total. The smallest absolute Gasteiger partial charge is 0.251 e. The quantitative estimate of drug-likeness (QED) is 0.826. The van der Waals surface area contributed by atoms with Gasteiger partial charge in [-0.2, -0.15) is 4.31 Å². The molecule has 1 N–H and O–H groups in total. The number of carbonyl (C=O) groups excluding carboxylic acids is 1. The second kappa shape index (κ2) is 8.10. The minimum absolute atomic E-state index is 0.203. The van der Waals surface area contributed by atoms with Crippen LogP contribution in [-0.2, 0) is 16.6 Å². The summed E-state index contributed by atoms with van der Waals surface area (Å²) in [6.45, 7) is 3.11. The summed E-state index contributed by atoms with van der Waals surface area (Å²) in [6, 6.07) is 12.2. The second-order valence-electron chi connectivity index (χ2n) is 6.59. The van der Waals surface area contributed by atoms with E-state index in [1.54, 1.807) is 26.2 Å². The molecule has 2 aromatic carbocycles. The number of para-hydroxylation sites is 1. The van der Waals surface area contributed by atoms with E-state index < -0.39 is 10.0 Å². The summed E-state index contributed by atoms with van der Waals surface area (Å²) in [4.78, 5) is 12.8. The fraction of sp³-hybridized carbons (Fsp3) is 0.350. The first-order chi connectivity index (χ1) is 12.9. The van der Waals surface area contributed by atoms with Gasteiger partial charge in [0, 0.05) is 30.8 Å². The number of nitrogens with zero attached hydrogens (tertiary/aromatic N) is 1. The number of nitrogens with one attached hydrogen (secondary N) is 1. The molecule has 0 spiro atoms. The van der Waals surface area contributed by atoms with Crippen LogP contribution < -0.4 is 10.1 Å². The van der Waals surface area contributed by atoms with Crippen molar-refractivity contribution in [2.24, 2.45) is 0 Å². The Morgan fingerprint density at radius 2 is 1.85 bits per heavy atom. The maximum absolute atomic E-state index is 12.9. The van der Waals surface area contributed by atoms with Gasteiger partial charge >= 0.3 is 0 Å². The minimum Gasteiger partial charge on any atom is -0.496 e. The van der Waals surface area contributed by atoms with Gasteiger partial charge in [-0.25, -0.2) is 8.42 Å². The number of methoxy groups -OCH3 is 1. The topological polar surface area (TPSA) is 75.7 Å². The number of rotatable bonds is 6. The highest BCUT2D eigenvalue weighted by molar-refractivity contribution is 7.89. The zero-order valence-corrected chi connectivity index (χ0v) is 16.4. The summed E-state index contributed by atoms with van der Waals surface area (Å²) in [5.74, 6) is 0.373. The molecule has 27 heavy (non-hydrogen) atoms. The van der Waals surface area contributed by atoms with Crippen molar-refractivity contribution in [1.29, 1.82) is 0 Å². The average molecular weight is 388 g/mol. The highest BCUT2D eigenvalue weighted by Gasteiger charge is 2.29. The van der Waals surface area contributed by atoms with Gasteiger partial charge in [0.15, 0.2) is 0 Å². The molecule has 1 saturated heterocycles. The molecule has 1 aliphatic heterocycles. The van der Waals surface area contributed by atoms with Crippen molar-refractivity contribution in [3.05, 3.63) is 59.2 Å².